The lowest BCUT2D eigenvalue weighted by Gasteiger charge is -2.17. The summed E-state index contributed by atoms with van der Waals surface area (Å²) in [5.41, 5.74) is 7.40. The van der Waals surface area contributed by atoms with E-state index in [1.165, 1.54) is 38.1 Å². The lowest BCUT2D eigenvalue weighted by Crippen LogP contribution is -2.29. The van der Waals surface area contributed by atoms with Crippen LogP contribution in [0.15, 0.2) is 54.9 Å². The normalized spacial score (nSPS) is 12.6. The summed E-state index contributed by atoms with van der Waals surface area (Å²) in [5, 5.41) is 4.83. The molecule has 0 N–H and O–H groups in total. The second-order valence-corrected chi connectivity index (χ2v) is 8.77. The standard InChI is InChI=1S/C26H21N4/c1-15-8-9-18-23-19(7-6-11-28-23)30-20-14-17(26(2,3)27-4)13-16-10-12-29(5)25(22(16)20)21(15)24(18)30/h6-14H,1-3,5H3/q+1. The summed E-state index contributed by atoms with van der Waals surface area (Å²) in [6.45, 7) is 13.9. The molecule has 4 heteroatoms. The summed E-state index contributed by atoms with van der Waals surface area (Å²) >= 11 is 0. The maximum absolute atomic E-state index is 7.73. The molecule has 6 aromatic rings. The van der Waals surface area contributed by atoms with E-state index >= 15 is 0 Å². The van der Waals surface area contributed by atoms with Crippen molar-refractivity contribution in [2.75, 3.05) is 0 Å². The van der Waals surface area contributed by atoms with Crippen LogP contribution in [0.25, 0.3) is 54.0 Å². The van der Waals surface area contributed by atoms with Crippen molar-refractivity contribution in [2.45, 2.75) is 26.3 Å². The van der Waals surface area contributed by atoms with Gasteiger partial charge in [-0.2, -0.15) is 0 Å². The van der Waals surface area contributed by atoms with Gasteiger partial charge in [-0.1, -0.05) is 12.1 Å². The van der Waals surface area contributed by atoms with Gasteiger partial charge in [0.25, 0.3) is 5.54 Å². The van der Waals surface area contributed by atoms with Gasteiger partial charge >= 0.3 is 0 Å². The molecule has 0 bridgehead atoms. The van der Waals surface area contributed by atoms with E-state index in [-0.39, 0.29) is 0 Å². The van der Waals surface area contributed by atoms with Crippen LogP contribution in [0.4, 0.5) is 0 Å². The third kappa shape index (κ3) is 1.95. The van der Waals surface area contributed by atoms with Crippen LogP contribution < -0.4 is 4.57 Å². The van der Waals surface area contributed by atoms with E-state index in [2.05, 4.69) is 70.4 Å². The van der Waals surface area contributed by atoms with Crippen LogP contribution in [0.2, 0.25) is 0 Å². The lowest BCUT2D eigenvalue weighted by molar-refractivity contribution is -0.643. The maximum Gasteiger partial charge on any atom is 0.252 e. The molecule has 0 fully saturated rings. The monoisotopic (exact) mass is 389 g/mol. The van der Waals surface area contributed by atoms with E-state index in [4.69, 9.17) is 11.6 Å². The molecule has 0 saturated carbocycles. The van der Waals surface area contributed by atoms with Gasteiger partial charge in [0.15, 0.2) is 6.20 Å². The molecule has 6 rings (SSSR count). The molecule has 0 saturated heterocycles. The molecule has 0 radical (unpaired) electrons. The summed E-state index contributed by atoms with van der Waals surface area (Å²) < 4.78 is 4.58. The van der Waals surface area contributed by atoms with Crippen molar-refractivity contribution in [2.24, 2.45) is 7.05 Å². The first-order chi connectivity index (χ1) is 14.4. The van der Waals surface area contributed by atoms with Crippen LogP contribution >= 0.6 is 0 Å². The average molecular weight is 389 g/mol. The number of fused-ring (bicyclic) bond motifs is 5. The Morgan fingerprint density at radius 1 is 1.07 bits per heavy atom. The summed E-state index contributed by atoms with van der Waals surface area (Å²) in [4.78, 5) is 8.65. The molecule has 0 aliphatic carbocycles. The highest BCUT2D eigenvalue weighted by molar-refractivity contribution is 6.25. The third-order valence-electron chi connectivity index (χ3n) is 6.57. The van der Waals surface area contributed by atoms with Gasteiger partial charge in [-0.05, 0) is 42.1 Å². The Balaban J connectivity index is 2.05. The largest absolute Gasteiger partial charge is 0.306 e. The van der Waals surface area contributed by atoms with Crippen LogP contribution in [-0.4, -0.2) is 9.38 Å². The third-order valence-corrected chi connectivity index (χ3v) is 6.57. The second-order valence-electron chi connectivity index (χ2n) is 8.77. The first kappa shape index (κ1) is 17.2. The highest BCUT2D eigenvalue weighted by atomic mass is 15.0. The van der Waals surface area contributed by atoms with Crippen molar-refractivity contribution < 1.29 is 4.57 Å². The number of benzene rings is 2. The Labute approximate surface area is 174 Å². The van der Waals surface area contributed by atoms with E-state index in [0.29, 0.717) is 0 Å². The Bertz CT molecular complexity index is 1700. The summed E-state index contributed by atoms with van der Waals surface area (Å²) in [7, 11) is 2.12. The van der Waals surface area contributed by atoms with Gasteiger partial charge in [0.2, 0.25) is 5.52 Å². The molecule has 0 unspecified atom stereocenters. The zero-order chi connectivity index (χ0) is 20.8. The number of hydrogen-bond acceptors (Lipinski definition) is 1. The van der Waals surface area contributed by atoms with Crippen molar-refractivity contribution in [1.29, 1.82) is 0 Å². The minimum Gasteiger partial charge on any atom is -0.306 e. The highest BCUT2D eigenvalue weighted by Crippen LogP contribution is 2.41. The van der Waals surface area contributed by atoms with Gasteiger partial charge in [-0.25, -0.2) is 11.1 Å². The first-order valence-electron chi connectivity index (χ1n) is 10.2. The molecule has 0 atom stereocenters. The molecule has 0 spiro atoms. The fraction of sp³-hybridized carbons (Fsp3) is 0.192. The van der Waals surface area contributed by atoms with Crippen molar-refractivity contribution in [3.05, 3.63) is 77.4 Å². The summed E-state index contributed by atoms with van der Waals surface area (Å²) in [6, 6.07) is 15.1. The zero-order valence-electron chi connectivity index (χ0n) is 17.5. The van der Waals surface area contributed by atoms with Crippen LogP contribution in [0.5, 0.6) is 0 Å². The van der Waals surface area contributed by atoms with Gasteiger partial charge in [0, 0.05) is 37.1 Å². The first-order valence-corrected chi connectivity index (χ1v) is 10.2. The molecule has 4 aromatic heterocycles. The SMILES string of the molecule is [C-]#[N+]C(C)(C)c1cc2cc[n+](C)c3c4c(C)ccc5c6ncccc6n(c(c1)c23)c54. The van der Waals surface area contributed by atoms with Gasteiger partial charge in [-0.15, -0.1) is 0 Å². The fourth-order valence-electron chi connectivity index (χ4n) is 4.95. The smallest absolute Gasteiger partial charge is 0.252 e. The van der Waals surface area contributed by atoms with Gasteiger partial charge in [0.1, 0.15) is 7.05 Å². The lowest BCUT2D eigenvalue weighted by atomic mass is 9.91. The molecule has 144 valence electrons. The number of pyridine rings is 3. The molecular weight excluding hydrogens is 368 g/mol. The molecule has 0 aliphatic rings. The molecule has 30 heavy (non-hydrogen) atoms. The van der Waals surface area contributed by atoms with Crippen molar-refractivity contribution >= 4 is 49.1 Å². The van der Waals surface area contributed by atoms with Crippen molar-refractivity contribution in [1.82, 2.24) is 9.38 Å². The van der Waals surface area contributed by atoms with E-state index in [1.807, 2.05) is 26.1 Å². The topological polar surface area (TPSA) is 25.5 Å². The predicted octanol–water partition coefficient (Wildman–Crippen LogP) is 5.67. The number of aromatic nitrogens is 3. The van der Waals surface area contributed by atoms with Gasteiger partial charge in [0.05, 0.1) is 32.8 Å². The molecule has 0 amide bonds. The van der Waals surface area contributed by atoms with Crippen LogP contribution in [0.1, 0.15) is 25.0 Å². The zero-order valence-corrected chi connectivity index (χ0v) is 17.5. The minimum absolute atomic E-state index is 0.587. The Kier molecular flexibility index (Phi) is 3.12. The number of hydrogen-bond donors (Lipinski definition) is 0. The number of rotatable bonds is 1. The van der Waals surface area contributed by atoms with Crippen LogP contribution in [0.3, 0.4) is 0 Å². The van der Waals surface area contributed by atoms with Crippen molar-refractivity contribution in [3.63, 3.8) is 0 Å². The number of nitrogens with zero attached hydrogens (tertiary/aromatic N) is 4. The minimum atomic E-state index is -0.587. The van der Waals surface area contributed by atoms with Gasteiger partial charge < -0.3 is 9.25 Å². The van der Waals surface area contributed by atoms with Crippen molar-refractivity contribution in [3.8, 4) is 0 Å². The molecule has 0 aliphatic heterocycles. The molecule has 4 heterocycles. The molecule has 4 nitrogen and oxygen atoms in total. The molecule has 2 aromatic carbocycles. The quantitative estimate of drug-likeness (QED) is 0.154. The Morgan fingerprint density at radius 3 is 2.70 bits per heavy atom. The maximum atomic E-state index is 7.73. The Morgan fingerprint density at radius 2 is 1.90 bits per heavy atom. The van der Waals surface area contributed by atoms with E-state index in [1.54, 1.807) is 0 Å². The number of aryl methyl sites for hydroxylation is 2. The Hall–Kier alpha value is -3.71. The van der Waals surface area contributed by atoms with E-state index in [0.717, 1.165) is 22.1 Å². The summed E-state index contributed by atoms with van der Waals surface area (Å²) in [5.74, 6) is 0. The predicted molar refractivity (Wildman–Crippen MR) is 122 cm³/mol. The van der Waals surface area contributed by atoms with Gasteiger partial charge in [-0.3, -0.25) is 4.98 Å². The van der Waals surface area contributed by atoms with E-state index < -0.39 is 5.54 Å². The fourth-order valence-corrected chi connectivity index (χ4v) is 4.95. The van der Waals surface area contributed by atoms with Crippen LogP contribution in [-0.2, 0) is 12.6 Å². The van der Waals surface area contributed by atoms with Crippen LogP contribution in [0, 0.1) is 13.5 Å². The second kappa shape index (κ2) is 5.46. The average Bonchev–Trinajstić information content (AvgIpc) is 3.09. The summed E-state index contributed by atoms with van der Waals surface area (Å²) in [6.07, 6.45) is 4.00. The van der Waals surface area contributed by atoms with E-state index in [9.17, 15) is 0 Å². The highest BCUT2D eigenvalue weighted by Gasteiger charge is 2.30. The molecular formula is C26H21N4+.